The summed E-state index contributed by atoms with van der Waals surface area (Å²) < 4.78 is 2.29. The number of nitrogens with two attached hydrogens (primary N) is 3. The molecule has 6 N–H and O–H groups in total. The van der Waals surface area contributed by atoms with E-state index in [0.717, 1.165) is 5.56 Å². The Morgan fingerprint density at radius 2 is 1.28 bits per heavy atom. The van der Waals surface area contributed by atoms with Crippen molar-refractivity contribution in [2.45, 2.75) is 19.6 Å². The minimum absolute atomic E-state index is 0.341. The maximum Gasteiger partial charge on any atom is 0.0784 e. The molecule has 0 aliphatic heterocycles. The van der Waals surface area contributed by atoms with Gasteiger partial charge >= 0.3 is 0 Å². The van der Waals surface area contributed by atoms with E-state index in [1.165, 1.54) is 44.1 Å². The Bertz CT molecular complexity index is 1780. The zero-order chi connectivity index (χ0) is 30.4. The van der Waals surface area contributed by atoms with Crippen molar-refractivity contribution in [1.82, 2.24) is 4.57 Å². The maximum atomic E-state index is 5.39. The highest BCUT2D eigenvalue weighted by molar-refractivity contribution is 6.10. The van der Waals surface area contributed by atoms with Gasteiger partial charge in [-0.25, -0.2) is 0 Å². The molecule has 6 aromatic rings. The van der Waals surface area contributed by atoms with E-state index < -0.39 is 0 Å². The van der Waals surface area contributed by atoms with Gasteiger partial charge < -0.3 is 21.8 Å². The number of aromatic nitrogens is 1. The Hall–Kier alpha value is -5.00. The van der Waals surface area contributed by atoms with Crippen molar-refractivity contribution in [1.29, 1.82) is 0 Å². The lowest BCUT2D eigenvalue weighted by molar-refractivity contribution is 0.774. The van der Waals surface area contributed by atoms with Gasteiger partial charge in [0, 0.05) is 23.5 Å². The summed E-state index contributed by atoms with van der Waals surface area (Å²) >= 11 is 0. The summed E-state index contributed by atoms with van der Waals surface area (Å²) in [4.78, 5) is 0. The Morgan fingerprint density at radius 1 is 0.698 bits per heavy atom. The van der Waals surface area contributed by atoms with E-state index >= 15 is 0 Å². The molecular weight excluding hydrogens is 524 g/mol. The van der Waals surface area contributed by atoms with E-state index in [2.05, 4.69) is 103 Å². The predicted molar refractivity (Wildman–Crippen MR) is 186 cm³/mol. The molecular formula is C39H40N4. The molecule has 216 valence electrons. The van der Waals surface area contributed by atoms with Crippen LogP contribution < -0.4 is 17.2 Å². The average Bonchev–Trinajstić information content (AvgIpc) is 3.38. The van der Waals surface area contributed by atoms with Crippen molar-refractivity contribution >= 4 is 28.0 Å². The normalized spacial score (nSPS) is 11.2. The average molecular weight is 565 g/mol. The van der Waals surface area contributed by atoms with E-state index in [9.17, 15) is 0 Å². The third-order valence-corrected chi connectivity index (χ3v) is 6.91. The van der Waals surface area contributed by atoms with Crippen molar-refractivity contribution in [3.63, 3.8) is 0 Å². The number of hydrogen-bond acceptors (Lipinski definition) is 3. The second kappa shape index (κ2) is 15.9. The molecule has 0 aliphatic rings. The number of benzene rings is 5. The fraction of sp³-hybridized carbons (Fsp3) is 0.0769. The second-order valence-electron chi connectivity index (χ2n) is 10.1. The summed E-state index contributed by atoms with van der Waals surface area (Å²) in [7, 11) is 0. The first-order valence-electron chi connectivity index (χ1n) is 14.4. The van der Waals surface area contributed by atoms with Crippen LogP contribution in [0.3, 0.4) is 0 Å². The van der Waals surface area contributed by atoms with Gasteiger partial charge in [0.15, 0.2) is 0 Å². The molecule has 0 saturated carbocycles. The number of allylic oxidation sites excluding steroid dienone is 4. The third kappa shape index (κ3) is 8.51. The van der Waals surface area contributed by atoms with E-state index in [-0.39, 0.29) is 6.17 Å². The number of rotatable bonds is 6. The quantitative estimate of drug-likeness (QED) is 0.140. The first kappa shape index (κ1) is 30.9. The third-order valence-electron chi connectivity index (χ3n) is 6.91. The minimum Gasteiger partial charge on any atom is -0.326 e. The first-order valence-corrected chi connectivity index (χ1v) is 14.4. The lowest BCUT2D eigenvalue weighted by atomic mass is 10.0. The SMILES string of the molecule is C=C/C=C\C(C)=C/n1c2ccccc2c2ccc(-c3ccccc3)cc21.NC(N)c1ccccc1.NCc1ccccc1. The molecule has 6 rings (SSSR count). The first-order chi connectivity index (χ1) is 21.0. The van der Waals surface area contributed by atoms with Crippen LogP contribution in [-0.4, -0.2) is 4.57 Å². The van der Waals surface area contributed by atoms with E-state index in [0.29, 0.717) is 6.54 Å². The fourth-order valence-electron chi connectivity index (χ4n) is 4.71. The smallest absolute Gasteiger partial charge is 0.0784 e. The minimum atomic E-state index is -0.341. The Kier molecular flexibility index (Phi) is 11.4. The molecule has 4 heteroatoms. The topological polar surface area (TPSA) is 83.0 Å². The van der Waals surface area contributed by atoms with Gasteiger partial charge in [0.1, 0.15) is 0 Å². The van der Waals surface area contributed by atoms with Crippen LogP contribution in [0, 0.1) is 0 Å². The summed E-state index contributed by atoms with van der Waals surface area (Å²) in [6.45, 7) is 6.51. The molecule has 1 aromatic heterocycles. The highest BCUT2D eigenvalue weighted by Crippen LogP contribution is 2.33. The summed E-state index contributed by atoms with van der Waals surface area (Å²) in [5.74, 6) is 0. The molecule has 43 heavy (non-hydrogen) atoms. The van der Waals surface area contributed by atoms with Crippen molar-refractivity contribution in [2.75, 3.05) is 0 Å². The molecule has 1 heterocycles. The van der Waals surface area contributed by atoms with Gasteiger partial charge in [-0.2, -0.15) is 0 Å². The van der Waals surface area contributed by atoms with E-state index in [4.69, 9.17) is 17.2 Å². The van der Waals surface area contributed by atoms with Crippen LogP contribution in [-0.2, 0) is 6.54 Å². The number of hydrogen-bond donors (Lipinski definition) is 3. The van der Waals surface area contributed by atoms with E-state index in [1.54, 1.807) is 6.08 Å². The predicted octanol–water partition coefficient (Wildman–Crippen LogP) is 8.81. The molecule has 0 spiro atoms. The molecule has 0 radical (unpaired) electrons. The van der Waals surface area contributed by atoms with E-state index in [1.807, 2.05) is 66.7 Å². The van der Waals surface area contributed by atoms with Crippen molar-refractivity contribution in [3.05, 3.63) is 175 Å². The largest absolute Gasteiger partial charge is 0.326 e. The van der Waals surface area contributed by atoms with Gasteiger partial charge in [0.25, 0.3) is 0 Å². The lowest BCUT2D eigenvalue weighted by Crippen LogP contribution is -2.19. The van der Waals surface area contributed by atoms with Crippen LogP contribution in [0.4, 0.5) is 0 Å². The summed E-state index contributed by atoms with van der Waals surface area (Å²) in [5, 5.41) is 2.55. The summed E-state index contributed by atoms with van der Waals surface area (Å²) in [6.07, 6.45) is 7.70. The lowest BCUT2D eigenvalue weighted by Gasteiger charge is -2.05. The maximum absolute atomic E-state index is 5.39. The molecule has 5 aromatic carbocycles. The van der Waals surface area contributed by atoms with Crippen LogP contribution in [0.15, 0.2) is 164 Å². The second-order valence-corrected chi connectivity index (χ2v) is 10.1. The monoisotopic (exact) mass is 564 g/mol. The van der Waals surface area contributed by atoms with Gasteiger partial charge in [-0.05, 0) is 46.9 Å². The van der Waals surface area contributed by atoms with Crippen LogP contribution in [0.5, 0.6) is 0 Å². The van der Waals surface area contributed by atoms with Crippen molar-refractivity contribution < 1.29 is 0 Å². The number of nitrogens with zero attached hydrogens (tertiary/aromatic N) is 1. The molecule has 0 bridgehead atoms. The van der Waals surface area contributed by atoms with Crippen LogP contribution >= 0.6 is 0 Å². The summed E-state index contributed by atoms with van der Waals surface area (Å²) in [6, 6.07) is 45.4. The Balaban J connectivity index is 0.000000202. The van der Waals surface area contributed by atoms with Gasteiger partial charge in [0.05, 0.1) is 17.2 Å². The molecule has 0 aliphatic carbocycles. The van der Waals surface area contributed by atoms with Gasteiger partial charge in [-0.1, -0.05) is 146 Å². The molecule has 0 unspecified atom stereocenters. The van der Waals surface area contributed by atoms with Crippen LogP contribution in [0.25, 0.3) is 39.1 Å². The molecule has 0 atom stereocenters. The fourth-order valence-corrected chi connectivity index (χ4v) is 4.71. The Morgan fingerprint density at radius 3 is 1.86 bits per heavy atom. The Labute approximate surface area is 255 Å². The molecule has 0 fully saturated rings. The van der Waals surface area contributed by atoms with Crippen molar-refractivity contribution in [2.24, 2.45) is 17.2 Å². The van der Waals surface area contributed by atoms with Gasteiger partial charge in [-0.3, -0.25) is 0 Å². The molecule has 0 saturated heterocycles. The zero-order valence-electron chi connectivity index (χ0n) is 24.7. The highest BCUT2D eigenvalue weighted by Gasteiger charge is 2.10. The molecule has 0 amide bonds. The number of fused-ring (bicyclic) bond motifs is 3. The highest BCUT2D eigenvalue weighted by atomic mass is 15.0. The zero-order valence-corrected chi connectivity index (χ0v) is 24.7. The van der Waals surface area contributed by atoms with Gasteiger partial charge in [-0.15, -0.1) is 0 Å². The standard InChI is InChI=1S/C25H21N.C7H10N2.C7H9N/c1-3-4-10-19(2)18-26-24-14-9-8-13-22(24)23-16-15-21(17-25(23)26)20-11-6-5-7-12-20;8-7(9)6-4-2-1-3-5-6;8-6-7-4-2-1-3-5-7/h3-18H,1H2,2H3;1-5,7H,8-9H2;1-5H,6,8H2/b10-4-,19-18-;;. The van der Waals surface area contributed by atoms with Gasteiger partial charge in [0.2, 0.25) is 0 Å². The van der Waals surface area contributed by atoms with Crippen LogP contribution in [0.1, 0.15) is 24.2 Å². The molecule has 4 nitrogen and oxygen atoms in total. The number of para-hydroxylation sites is 1. The van der Waals surface area contributed by atoms with Crippen molar-refractivity contribution in [3.8, 4) is 11.1 Å². The summed E-state index contributed by atoms with van der Waals surface area (Å²) in [5.41, 5.74) is 24.4. The van der Waals surface area contributed by atoms with Crippen LogP contribution in [0.2, 0.25) is 0 Å².